The standard InChI is InChI=1S/C20H24N4O3S/c25-19(22-16-11-23-5-2-13(16)3-6-23)17-18-14(1-4-21-17)15(12-27-18)20(26)24-7-9-28-10-8-24/h1,4,12-13,16H,2-3,5-11H2,(H,22,25)/t16-/m0/s1. The molecule has 0 spiro atoms. The van der Waals surface area contributed by atoms with E-state index in [-0.39, 0.29) is 23.6 Å². The molecule has 4 fully saturated rings. The molecule has 4 aliphatic heterocycles. The van der Waals surface area contributed by atoms with Gasteiger partial charge in [-0.2, -0.15) is 11.8 Å². The van der Waals surface area contributed by atoms with Crippen molar-refractivity contribution in [3.8, 4) is 0 Å². The number of carbonyl (C=O) groups is 2. The van der Waals surface area contributed by atoms with Crippen LogP contribution in [0.1, 0.15) is 33.7 Å². The number of hydrogen-bond acceptors (Lipinski definition) is 6. The van der Waals surface area contributed by atoms with Crippen molar-refractivity contribution in [2.75, 3.05) is 44.2 Å². The minimum Gasteiger partial charge on any atom is -0.461 e. The summed E-state index contributed by atoms with van der Waals surface area (Å²) in [5.41, 5.74) is 1.18. The van der Waals surface area contributed by atoms with Crippen LogP contribution in [0.15, 0.2) is 22.9 Å². The van der Waals surface area contributed by atoms with E-state index < -0.39 is 0 Å². The van der Waals surface area contributed by atoms with Crippen LogP contribution in [0, 0.1) is 5.92 Å². The van der Waals surface area contributed by atoms with Crippen molar-refractivity contribution < 1.29 is 14.0 Å². The number of fused-ring (bicyclic) bond motifs is 4. The monoisotopic (exact) mass is 400 g/mol. The van der Waals surface area contributed by atoms with Gasteiger partial charge < -0.3 is 19.5 Å². The van der Waals surface area contributed by atoms with Gasteiger partial charge in [-0.25, -0.2) is 4.98 Å². The fraction of sp³-hybridized carbons (Fsp3) is 0.550. The summed E-state index contributed by atoms with van der Waals surface area (Å²) in [4.78, 5) is 34.4. The molecule has 2 amide bonds. The first-order chi connectivity index (χ1) is 13.7. The van der Waals surface area contributed by atoms with Crippen molar-refractivity contribution in [3.05, 3.63) is 29.8 Å². The highest BCUT2D eigenvalue weighted by Gasteiger charge is 2.35. The van der Waals surface area contributed by atoms with Crippen molar-refractivity contribution in [2.45, 2.75) is 18.9 Å². The van der Waals surface area contributed by atoms with E-state index in [9.17, 15) is 9.59 Å². The summed E-state index contributed by atoms with van der Waals surface area (Å²) in [6.07, 6.45) is 5.33. The minimum atomic E-state index is -0.216. The SMILES string of the molecule is O=C(N[C@H]1CN2CCC1CC2)c1nccc2c(C(=O)N3CCSCC3)coc12. The Morgan fingerprint density at radius 3 is 2.68 bits per heavy atom. The first kappa shape index (κ1) is 18.0. The molecule has 1 atom stereocenters. The molecule has 0 saturated carbocycles. The third-order valence-electron chi connectivity index (χ3n) is 6.21. The van der Waals surface area contributed by atoms with E-state index in [1.54, 1.807) is 12.3 Å². The van der Waals surface area contributed by atoms with E-state index >= 15 is 0 Å². The summed E-state index contributed by atoms with van der Waals surface area (Å²) < 4.78 is 5.68. The second-order valence-corrected chi connectivity index (χ2v) is 9.03. The normalized spacial score (nSPS) is 27.1. The molecule has 6 heterocycles. The minimum absolute atomic E-state index is 0.0333. The van der Waals surface area contributed by atoms with Crippen molar-refractivity contribution in [3.63, 3.8) is 0 Å². The third-order valence-corrected chi connectivity index (χ3v) is 7.15. The van der Waals surface area contributed by atoms with Crippen LogP contribution in [0.5, 0.6) is 0 Å². The third kappa shape index (κ3) is 3.18. The Balaban J connectivity index is 1.39. The van der Waals surface area contributed by atoms with Gasteiger partial charge in [0.2, 0.25) is 0 Å². The van der Waals surface area contributed by atoms with Gasteiger partial charge in [0.1, 0.15) is 6.26 Å². The van der Waals surface area contributed by atoms with Gasteiger partial charge in [-0.1, -0.05) is 0 Å². The summed E-state index contributed by atoms with van der Waals surface area (Å²) in [5, 5.41) is 3.82. The molecule has 4 saturated heterocycles. The van der Waals surface area contributed by atoms with Crippen LogP contribution in [0.4, 0.5) is 0 Å². The number of amides is 2. The van der Waals surface area contributed by atoms with Crippen LogP contribution in [0.25, 0.3) is 11.0 Å². The predicted octanol–water partition coefficient (Wildman–Crippen LogP) is 1.84. The Labute approximate surface area is 167 Å². The van der Waals surface area contributed by atoms with Gasteiger partial charge in [0.05, 0.1) is 5.56 Å². The average Bonchev–Trinajstić information content (AvgIpc) is 3.19. The van der Waals surface area contributed by atoms with Gasteiger partial charge in [0.25, 0.3) is 11.8 Å². The number of furan rings is 1. The van der Waals surface area contributed by atoms with E-state index in [0.717, 1.165) is 57.1 Å². The van der Waals surface area contributed by atoms with Crippen LogP contribution >= 0.6 is 11.8 Å². The zero-order valence-corrected chi connectivity index (χ0v) is 16.5. The summed E-state index contributed by atoms with van der Waals surface area (Å²) >= 11 is 1.86. The molecule has 0 unspecified atom stereocenters. The summed E-state index contributed by atoms with van der Waals surface area (Å²) in [6, 6.07) is 1.92. The zero-order valence-electron chi connectivity index (χ0n) is 15.7. The van der Waals surface area contributed by atoms with Gasteiger partial charge in [0, 0.05) is 48.8 Å². The number of nitrogens with one attached hydrogen (secondary N) is 1. The molecule has 2 aromatic rings. The fourth-order valence-electron chi connectivity index (χ4n) is 4.59. The molecule has 1 N–H and O–H groups in total. The quantitative estimate of drug-likeness (QED) is 0.847. The largest absolute Gasteiger partial charge is 0.461 e. The summed E-state index contributed by atoms with van der Waals surface area (Å²) in [6.45, 7) is 4.65. The average molecular weight is 401 g/mol. The number of carbonyl (C=O) groups excluding carboxylic acids is 2. The van der Waals surface area contributed by atoms with Crippen LogP contribution in [0.3, 0.4) is 0 Å². The maximum Gasteiger partial charge on any atom is 0.274 e. The number of aromatic nitrogens is 1. The highest BCUT2D eigenvalue weighted by molar-refractivity contribution is 7.99. The van der Waals surface area contributed by atoms with E-state index in [1.165, 1.54) is 6.26 Å². The van der Waals surface area contributed by atoms with Crippen LogP contribution < -0.4 is 5.32 Å². The van der Waals surface area contributed by atoms with Gasteiger partial charge in [-0.15, -0.1) is 0 Å². The van der Waals surface area contributed by atoms with Crippen molar-refractivity contribution in [1.82, 2.24) is 20.1 Å². The van der Waals surface area contributed by atoms with Gasteiger partial charge in [-0.3, -0.25) is 9.59 Å². The van der Waals surface area contributed by atoms with E-state index in [1.807, 2.05) is 16.7 Å². The van der Waals surface area contributed by atoms with Crippen molar-refractivity contribution in [1.29, 1.82) is 0 Å². The van der Waals surface area contributed by atoms with E-state index in [2.05, 4.69) is 15.2 Å². The predicted molar refractivity (Wildman–Crippen MR) is 108 cm³/mol. The van der Waals surface area contributed by atoms with Crippen LogP contribution in [0.2, 0.25) is 0 Å². The molecule has 2 aromatic heterocycles. The van der Waals surface area contributed by atoms with E-state index in [0.29, 0.717) is 22.5 Å². The molecule has 0 radical (unpaired) electrons. The molecule has 0 aromatic carbocycles. The Kier molecular flexibility index (Phi) is 4.76. The first-order valence-electron chi connectivity index (χ1n) is 9.97. The van der Waals surface area contributed by atoms with Gasteiger partial charge in [-0.05, 0) is 37.9 Å². The molecule has 7 nitrogen and oxygen atoms in total. The second-order valence-electron chi connectivity index (χ2n) is 7.81. The smallest absolute Gasteiger partial charge is 0.274 e. The van der Waals surface area contributed by atoms with Crippen LogP contribution in [-0.2, 0) is 0 Å². The second kappa shape index (κ2) is 7.40. The number of pyridine rings is 1. The lowest BCUT2D eigenvalue weighted by molar-refractivity contribution is 0.0618. The molecule has 2 bridgehead atoms. The molecule has 28 heavy (non-hydrogen) atoms. The van der Waals surface area contributed by atoms with Crippen molar-refractivity contribution >= 4 is 34.5 Å². The highest BCUT2D eigenvalue weighted by Crippen LogP contribution is 2.29. The zero-order chi connectivity index (χ0) is 19.1. The lowest BCUT2D eigenvalue weighted by Gasteiger charge is -2.44. The Morgan fingerprint density at radius 2 is 1.96 bits per heavy atom. The summed E-state index contributed by atoms with van der Waals surface area (Å²) in [7, 11) is 0. The van der Waals surface area contributed by atoms with Gasteiger partial charge in [0.15, 0.2) is 11.3 Å². The maximum atomic E-state index is 12.9. The lowest BCUT2D eigenvalue weighted by atomic mass is 9.84. The molecule has 8 heteroatoms. The molecule has 4 aliphatic rings. The Hall–Kier alpha value is -2.06. The molecular formula is C20H24N4O3S. The Morgan fingerprint density at radius 1 is 1.18 bits per heavy atom. The Bertz CT molecular complexity index is 900. The number of rotatable bonds is 3. The number of thioether (sulfide) groups is 1. The lowest BCUT2D eigenvalue weighted by Crippen LogP contribution is -2.57. The maximum absolute atomic E-state index is 12.9. The van der Waals surface area contributed by atoms with E-state index in [4.69, 9.17) is 4.42 Å². The summed E-state index contributed by atoms with van der Waals surface area (Å²) in [5.74, 6) is 2.20. The number of piperidine rings is 3. The van der Waals surface area contributed by atoms with Crippen LogP contribution in [-0.4, -0.2) is 76.9 Å². The van der Waals surface area contributed by atoms with Crippen molar-refractivity contribution in [2.24, 2.45) is 5.92 Å². The molecule has 6 rings (SSSR count). The fourth-order valence-corrected chi connectivity index (χ4v) is 5.49. The molecule has 0 aliphatic carbocycles. The first-order valence-corrected chi connectivity index (χ1v) is 11.1. The highest BCUT2D eigenvalue weighted by atomic mass is 32.2. The van der Waals surface area contributed by atoms with Gasteiger partial charge >= 0.3 is 0 Å². The number of nitrogens with zero attached hydrogens (tertiary/aromatic N) is 3. The molecular weight excluding hydrogens is 376 g/mol. The topological polar surface area (TPSA) is 78.7 Å². The number of hydrogen-bond donors (Lipinski definition) is 1. The molecule has 148 valence electrons.